The van der Waals surface area contributed by atoms with E-state index in [-0.39, 0.29) is 11.3 Å². The molecule has 0 spiro atoms. The van der Waals surface area contributed by atoms with Gasteiger partial charge in [-0.25, -0.2) is 4.98 Å². The lowest BCUT2D eigenvalue weighted by Crippen LogP contribution is -2.12. The molecule has 0 radical (unpaired) electrons. The maximum absolute atomic E-state index is 12.8. The molecule has 6 heteroatoms. The number of unbranched alkanes of at least 4 members (excludes halogenated alkanes) is 1. The second-order valence-corrected chi connectivity index (χ2v) is 12.7. The molecule has 1 aromatic heterocycles. The largest absolute Gasteiger partial charge is 0.494 e. The molecule has 0 aliphatic heterocycles. The summed E-state index contributed by atoms with van der Waals surface area (Å²) in [5.41, 5.74) is 7.91. The molecule has 1 heterocycles. The normalized spacial score (nSPS) is 11.6. The van der Waals surface area contributed by atoms with Gasteiger partial charge in [0.2, 0.25) is 0 Å². The third kappa shape index (κ3) is 6.93. The van der Waals surface area contributed by atoms with Crippen LogP contribution in [0, 0.1) is 13.8 Å². The molecule has 37 heavy (non-hydrogen) atoms. The molecular weight excluding hydrogens is 496 g/mol. The quantitative estimate of drug-likeness (QED) is 0.173. The number of hydrogen-bond acceptors (Lipinski definition) is 5. The van der Waals surface area contributed by atoms with Crippen LogP contribution in [0.1, 0.15) is 73.1 Å². The minimum absolute atomic E-state index is 0.136. The number of carbonyl (C=O) groups excluding carboxylic acids is 1. The van der Waals surface area contributed by atoms with Crippen molar-refractivity contribution in [3.05, 3.63) is 82.4 Å². The lowest BCUT2D eigenvalue weighted by Gasteiger charge is -2.22. The summed E-state index contributed by atoms with van der Waals surface area (Å²) in [5.74, 6) is 1.55. The van der Waals surface area contributed by atoms with Crippen LogP contribution in [0.2, 0.25) is 0 Å². The number of thiazole rings is 1. The summed E-state index contributed by atoms with van der Waals surface area (Å²) in [4.78, 5) is 17.6. The molecule has 4 aromatic rings. The van der Waals surface area contributed by atoms with Crippen molar-refractivity contribution in [2.75, 3.05) is 11.9 Å². The van der Waals surface area contributed by atoms with Crippen molar-refractivity contribution in [2.45, 2.75) is 69.9 Å². The molecule has 194 valence electrons. The average Bonchev–Trinajstić information content (AvgIpc) is 3.25. The average molecular weight is 533 g/mol. The number of thioether (sulfide) groups is 1. The van der Waals surface area contributed by atoms with Gasteiger partial charge in [0.05, 0.1) is 16.8 Å². The minimum Gasteiger partial charge on any atom is -0.494 e. The van der Waals surface area contributed by atoms with Gasteiger partial charge in [-0.3, -0.25) is 4.79 Å². The van der Waals surface area contributed by atoms with Crippen molar-refractivity contribution in [3.63, 3.8) is 0 Å². The van der Waals surface area contributed by atoms with Crippen molar-refractivity contribution in [1.82, 2.24) is 4.98 Å². The Hall–Kier alpha value is -2.83. The van der Waals surface area contributed by atoms with E-state index in [4.69, 9.17) is 9.72 Å². The highest BCUT2D eigenvalue weighted by atomic mass is 32.2. The van der Waals surface area contributed by atoms with E-state index < -0.39 is 0 Å². The van der Waals surface area contributed by atoms with Crippen LogP contribution >= 0.6 is 23.1 Å². The number of nitrogens with one attached hydrogen (secondary N) is 1. The van der Waals surface area contributed by atoms with Gasteiger partial charge in [0, 0.05) is 17.0 Å². The molecule has 0 saturated carbocycles. The van der Waals surface area contributed by atoms with Crippen LogP contribution in [0.3, 0.4) is 0 Å². The number of amides is 1. The first-order valence-electron chi connectivity index (χ1n) is 12.8. The zero-order chi connectivity index (χ0) is 26.6. The number of benzene rings is 3. The standard InChI is InChI=1S/C31H36N2O2S2/c1-7-8-15-35-25-12-9-22(10-13-25)29(34)32-24-11-14-27-28(18-24)37-30(33-27)36-19-26-20(2)16-23(17-21(26)3)31(4,5)6/h9-14,16-18H,7-8,15,19H2,1-6H3,(H,32,34). The molecular formula is C31H36N2O2S2. The fourth-order valence-corrected chi connectivity index (χ4v) is 6.38. The highest BCUT2D eigenvalue weighted by Crippen LogP contribution is 2.35. The first-order chi connectivity index (χ1) is 17.6. The SMILES string of the molecule is CCCCOc1ccc(C(=O)Nc2ccc3nc(SCc4c(C)cc(C(C)(C)C)cc4C)sc3c2)cc1. The van der Waals surface area contributed by atoms with Crippen LogP contribution in [0.15, 0.2) is 58.9 Å². The van der Waals surface area contributed by atoms with E-state index in [9.17, 15) is 4.79 Å². The van der Waals surface area contributed by atoms with E-state index in [0.29, 0.717) is 12.2 Å². The second-order valence-electron chi connectivity index (χ2n) is 10.5. The molecule has 0 aliphatic carbocycles. The third-order valence-electron chi connectivity index (χ3n) is 6.41. The first-order valence-corrected chi connectivity index (χ1v) is 14.6. The van der Waals surface area contributed by atoms with Gasteiger partial charge in [-0.05, 0) is 90.4 Å². The number of hydrogen-bond donors (Lipinski definition) is 1. The van der Waals surface area contributed by atoms with Crippen LogP contribution in [0.25, 0.3) is 10.2 Å². The van der Waals surface area contributed by atoms with Crippen LogP contribution < -0.4 is 10.1 Å². The van der Waals surface area contributed by atoms with Crippen LogP contribution in [-0.4, -0.2) is 17.5 Å². The molecule has 3 aromatic carbocycles. The molecule has 1 amide bonds. The Bertz CT molecular complexity index is 1360. The number of ether oxygens (including phenoxy) is 1. The van der Waals surface area contributed by atoms with E-state index in [1.54, 1.807) is 35.2 Å². The summed E-state index contributed by atoms with van der Waals surface area (Å²) in [6.07, 6.45) is 2.11. The Morgan fingerprint density at radius 3 is 2.38 bits per heavy atom. The Morgan fingerprint density at radius 1 is 1.03 bits per heavy atom. The van der Waals surface area contributed by atoms with Crippen molar-refractivity contribution in [3.8, 4) is 5.75 Å². The first kappa shape index (κ1) is 27.2. The van der Waals surface area contributed by atoms with Crippen LogP contribution in [0.4, 0.5) is 5.69 Å². The van der Waals surface area contributed by atoms with Gasteiger partial charge in [0.15, 0.2) is 4.34 Å². The molecule has 0 saturated heterocycles. The molecule has 0 aliphatic rings. The van der Waals surface area contributed by atoms with Crippen LogP contribution in [-0.2, 0) is 11.2 Å². The van der Waals surface area contributed by atoms with Gasteiger partial charge in [-0.15, -0.1) is 11.3 Å². The second kappa shape index (κ2) is 11.7. The van der Waals surface area contributed by atoms with Crippen molar-refractivity contribution < 1.29 is 9.53 Å². The van der Waals surface area contributed by atoms with Gasteiger partial charge in [0.25, 0.3) is 5.91 Å². The Balaban J connectivity index is 1.41. The zero-order valence-corrected chi connectivity index (χ0v) is 24.2. The van der Waals surface area contributed by atoms with E-state index in [1.165, 1.54) is 22.3 Å². The monoisotopic (exact) mass is 532 g/mol. The number of anilines is 1. The van der Waals surface area contributed by atoms with Crippen LogP contribution in [0.5, 0.6) is 5.75 Å². The van der Waals surface area contributed by atoms with Crippen molar-refractivity contribution >= 4 is 44.9 Å². The Labute approximate surface area is 228 Å². The maximum Gasteiger partial charge on any atom is 0.255 e. The lowest BCUT2D eigenvalue weighted by atomic mass is 9.84. The highest BCUT2D eigenvalue weighted by molar-refractivity contribution is 8.00. The molecule has 0 atom stereocenters. The maximum atomic E-state index is 12.8. The summed E-state index contributed by atoms with van der Waals surface area (Å²) in [6, 6.07) is 17.8. The van der Waals surface area contributed by atoms with Crippen molar-refractivity contribution in [2.24, 2.45) is 0 Å². The zero-order valence-electron chi connectivity index (χ0n) is 22.6. The van der Waals surface area contributed by atoms with Gasteiger partial charge >= 0.3 is 0 Å². The smallest absolute Gasteiger partial charge is 0.255 e. The van der Waals surface area contributed by atoms with Crippen molar-refractivity contribution in [1.29, 1.82) is 0 Å². The molecule has 0 unspecified atom stereocenters. The predicted molar refractivity (Wildman–Crippen MR) is 159 cm³/mol. The fraction of sp³-hybridized carbons (Fsp3) is 0.355. The fourth-order valence-electron chi connectivity index (χ4n) is 4.07. The number of fused-ring (bicyclic) bond motifs is 1. The van der Waals surface area contributed by atoms with Gasteiger partial charge in [0.1, 0.15) is 5.75 Å². The van der Waals surface area contributed by atoms with Gasteiger partial charge < -0.3 is 10.1 Å². The van der Waals surface area contributed by atoms with E-state index in [2.05, 4.69) is 59.0 Å². The lowest BCUT2D eigenvalue weighted by molar-refractivity contribution is 0.102. The molecule has 0 bridgehead atoms. The van der Waals surface area contributed by atoms with E-state index in [0.717, 1.165) is 44.6 Å². The van der Waals surface area contributed by atoms with Gasteiger partial charge in [-0.2, -0.15) is 0 Å². The molecule has 4 nitrogen and oxygen atoms in total. The number of nitrogens with zero attached hydrogens (tertiary/aromatic N) is 1. The third-order valence-corrected chi connectivity index (χ3v) is 8.60. The number of carbonyl (C=O) groups is 1. The number of aromatic nitrogens is 1. The summed E-state index contributed by atoms with van der Waals surface area (Å²) in [6.45, 7) is 14.0. The summed E-state index contributed by atoms with van der Waals surface area (Å²) in [5, 5.41) is 3.01. The minimum atomic E-state index is -0.136. The Morgan fingerprint density at radius 2 is 1.73 bits per heavy atom. The molecule has 0 fully saturated rings. The Kier molecular flexibility index (Phi) is 8.60. The predicted octanol–water partition coefficient (Wildman–Crippen LogP) is 8.93. The van der Waals surface area contributed by atoms with Gasteiger partial charge in [-0.1, -0.05) is 58.0 Å². The van der Waals surface area contributed by atoms with E-state index >= 15 is 0 Å². The summed E-state index contributed by atoms with van der Waals surface area (Å²) < 4.78 is 7.79. The molecule has 1 N–H and O–H groups in total. The summed E-state index contributed by atoms with van der Waals surface area (Å²) in [7, 11) is 0. The number of rotatable bonds is 9. The topological polar surface area (TPSA) is 51.2 Å². The number of aryl methyl sites for hydroxylation is 2. The molecule has 4 rings (SSSR count). The summed E-state index contributed by atoms with van der Waals surface area (Å²) >= 11 is 3.44. The van der Waals surface area contributed by atoms with E-state index in [1.807, 2.05) is 30.3 Å². The highest BCUT2D eigenvalue weighted by Gasteiger charge is 2.17.